The van der Waals surface area contributed by atoms with Crippen molar-refractivity contribution in [3.63, 3.8) is 0 Å². The number of aliphatic hydroxyl groups is 2. The van der Waals surface area contributed by atoms with E-state index in [2.05, 4.69) is 0 Å². The number of hydrogen-bond acceptors (Lipinski definition) is 4. The first-order valence-electron chi connectivity index (χ1n) is 5.80. The molecule has 17 heavy (non-hydrogen) atoms. The van der Waals surface area contributed by atoms with Crippen LogP contribution >= 0.6 is 0 Å². The highest BCUT2D eigenvalue weighted by molar-refractivity contribution is 5.28. The van der Waals surface area contributed by atoms with Crippen LogP contribution in [-0.4, -0.2) is 36.1 Å². The van der Waals surface area contributed by atoms with Crippen molar-refractivity contribution in [2.75, 3.05) is 19.8 Å². The minimum absolute atomic E-state index is 0.202. The van der Waals surface area contributed by atoms with Gasteiger partial charge in [0.15, 0.2) is 0 Å². The molecule has 0 aliphatic carbocycles. The van der Waals surface area contributed by atoms with Crippen molar-refractivity contribution in [3.8, 4) is 5.75 Å². The number of rotatable bonds is 7. The Bertz CT molecular complexity index is 308. The highest BCUT2D eigenvalue weighted by Crippen LogP contribution is 2.17. The zero-order valence-electron chi connectivity index (χ0n) is 10.3. The minimum Gasteiger partial charge on any atom is -0.491 e. The van der Waals surface area contributed by atoms with Crippen LogP contribution in [0.5, 0.6) is 5.75 Å². The molecule has 2 N–H and O–H groups in total. The van der Waals surface area contributed by atoms with Gasteiger partial charge in [0.05, 0.1) is 12.7 Å². The monoisotopic (exact) mass is 240 g/mol. The molecule has 0 aromatic heterocycles. The Balaban J connectivity index is 2.36. The Labute approximate surface area is 102 Å². The van der Waals surface area contributed by atoms with Crippen LogP contribution in [0.1, 0.15) is 25.5 Å². The second-order valence-corrected chi connectivity index (χ2v) is 3.87. The predicted octanol–water partition coefficient (Wildman–Crippen LogP) is 1.52. The third-order valence-corrected chi connectivity index (χ3v) is 2.32. The molecule has 0 amide bonds. The van der Waals surface area contributed by atoms with Crippen LogP contribution in [0, 0.1) is 0 Å². The summed E-state index contributed by atoms with van der Waals surface area (Å²) in [7, 11) is 0. The van der Waals surface area contributed by atoms with E-state index in [1.165, 1.54) is 0 Å². The van der Waals surface area contributed by atoms with Gasteiger partial charge in [0.25, 0.3) is 0 Å². The molecule has 1 aromatic carbocycles. The summed E-state index contributed by atoms with van der Waals surface area (Å²) >= 11 is 0. The second-order valence-electron chi connectivity index (χ2n) is 3.87. The van der Waals surface area contributed by atoms with Gasteiger partial charge in [-0.3, -0.25) is 0 Å². The van der Waals surface area contributed by atoms with Gasteiger partial charge in [-0.15, -0.1) is 0 Å². The molecule has 4 nitrogen and oxygen atoms in total. The zero-order valence-corrected chi connectivity index (χ0v) is 10.3. The molecular weight excluding hydrogens is 220 g/mol. The van der Waals surface area contributed by atoms with Crippen LogP contribution in [0.2, 0.25) is 0 Å². The lowest BCUT2D eigenvalue weighted by atomic mass is 10.1. The predicted molar refractivity (Wildman–Crippen MR) is 65.1 cm³/mol. The van der Waals surface area contributed by atoms with Gasteiger partial charge in [-0.1, -0.05) is 12.1 Å². The summed E-state index contributed by atoms with van der Waals surface area (Å²) in [5, 5.41) is 18.8. The molecular formula is C13H20O4. The van der Waals surface area contributed by atoms with Crippen molar-refractivity contribution in [1.82, 2.24) is 0 Å². The SMILES string of the molecule is CCOCC(O)COc1ccc(C(C)O)cc1. The maximum atomic E-state index is 9.49. The molecule has 2 atom stereocenters. The Kier molecular flexibility index (Phi) is 5.97. The summed E-state index contributed by atoms with van der Waals surface area (Å²) in [6.45, 7) is 4.65. The molecule has 0 aliphatic heterocycles. The fraction of sp³-hybridized carbons (Fsp3) is 0.538. The van der Waals surface area contributed by atoms with Gasteiger partial charge in [0.2, 0.25) is 0 Å². The molecule has 0 saturated heterocycles. The molecule has 0 spiro atoms. The van der Waals surface area contributed by atoms with E-state index in [0.717, 1.165) is 5.56 Å². The number of hydrogen-bond donors (Lipinski definition) is 2. The van der Waals surface area contributed by atoms with Gasteiger partial charge in [0, 0.05) is 6.61 Å². The zero-order chi connectivity index (χ0) is 12.7. The summed E-state index contributed by atoms with van der Waals surface area (Å²) in [5.74, 6) is 0.671. The Morgan fingerprint density at radius 3 is 2.29 bits per heavy atom. The molecule has 0 heterocycles. The smallest absolute Gasteiger partial charge is 0.119 e. The van der Waals surface area contributed by atoms with Crippen LogP contribution in [0.3, 0.4) is 0 Å². The van der Waals surface area contributed by atoms with Crippen molar-refractivity contribution in [2.45, 2.75) is 26.1 Å². The normalized spacial score (nSPS) is 14.4. The van der Waals surface area contributed by atoms with Crippen LogP contribution in [0.15, 0.2) is 24.3 Å². The maximum Gasteiger partial charge on any atom is 0.119 e. The van der Waals surface area contributed by atoms with Crippen molar-refractivity contribution in [3.05, 3.63) is 29.8 Å². The average molecular weight is 240 g/mol. The van der Waals surface area contributed by atoms with Gasteiger partial charge in [-0.05, 0) is 31.5 Å². The van der Waals surface area contributed by atoms with Crippen molar-refractivity contribution in [2.24, 2.45) is 0 Å². The number of benzene rings is 1. The molecule has 0 saturated carbocycles. The standard InChI is InChI=1S/C13H20O4/c1-3-16-8-12(15)9-17-13-6-4-11(5-7-13)10(2)14/h4-7,10,12,14-15H,3,8-9H2,1-2H3. The van der Waals surface area contributed by atoms with Crippen LogP contribution in [0.25, 0.3) is 0 Å². The van der Waals surface area contributed by atoms with Gasteiger partial charge in [-0.25, -0.2) is 0 Å². The summed E-state index contributed by atoms with van der Waals surface area (Å²) in [6, 6.07) is 7.15. The second kappa shape index (κ2) is 7.27. The first kappa shape index (κ1) is 14.0. The highest BCUT2D eigenvalue weighted by Gasteiger charge is 2.05. The van der Waals surface area contributed by atoms with Crippen molar-refractivity contribution in [1.29, 1.82) is 0 Å². The molecule has 1 rings (SSSR count). The first-order valence-corrected chi connectivity index (χ1v) is 5.80. The largest absolute Gasteiger partial charge is 0.491 e. The summed E-state index contributed by atoms with van der Waals surface area (Å²) < 4.78 is 10.5. The van der Waals surface area contributed by atoms with Gasteiger partial charge >= 0.3 is 0 Å². The fourth-order valence-electron chi connectivity index (χ4n) is 1.34. The van der Waals surface area contributed by atoms with E-state index >= 15 is 0 Å². The van der Waals surface area contributed by atoms with E-state index in [9.17, 15) is 10.2 Å². The average Bonchev–Trinajstić information content (AvgIpc) is 2.34. The Hall–Kier alpha value is -1.10. The van der Waals surface area contributed by atoms with Gasteiger partial charge in [-0.2, -0.15) is 0 Å². The topological polar surface area (TPSA) is 58.9 Å². The quantitative estimate of drug-likeness (QED) is 0.758. The van der Waals surface area contributed by atoms with Crippen LogP contribution < -0.4 is 4.74 Å². The van der Waals surface area contributed by atoms with Crippen LogP contribution in [0.4, 0.5) is 0 Å². The van der Waals surface area contributed by atoms with E-state index < -0.39 is 12.2 Å². The lowest BCUT2D eigenvalue weighted by molar-refractivity contribution is 0.0164. The number of aliphatic hydroxyl groups excluding tert-OH is 2. The van der Waals surface area contributed by atoms with E-state index in [1.54, 1.807) is 31.2 Å². The van der Waals surface area contributed by atoms with E-state index in [0.29, 0.717) is 12.4 Å². The van der Waals surface area contributed by atoms with Gasteiger partial charge in [0.1, 0.15) is 18.5 Å². The van der Waals surface area contributed by atoms with Gasteiger partial charge < -0.3 is 19.7 Å². The third-order valence-electron chi connectivity index (χ3n) is 2.32. The third kappa shape index (κ3) is 5.17. The molecule has 2 unspecified atom stereocenters. The Morgan fingerprint density at radius 1 is 1.12 bits per heavy atom. The van der Waals surface area contributed by atoms with Crippen molar-refractivity contribution >= 4 is 0 Å². The summed E-state index contributed by atoms with van der Waals surface area (Å²) in [4.78, 5) is 0. The molecule has 4 heteroatoms. The molecule has 1 aromatic rings. The molecule has 0 aliphatic rings. The molecule has 96 valence electrons. The first-order chi connectivity index (χ1) is 8.13. The summed E-state index contributed by atoms with van der Waals surface area (Å²) in [5.41, 5.74) is 0.840. The van der Waals surface area contributed by atoms with Crippen molar-refractivity contribution < 1.29 is 19.7 Å². The minimum atomic E-state index is -0.619. The van der Waals surface area contributed by atoms with Crippen LogP contribution in [-0.2, 0) is 4.74 Å². The molecule has 0 radical (unpaired) electrons. The van der Waals surface area contributed by atoms with E-state index in [-0.39, 0.29) is 13.2 Å². The molecule has 0 fully saturated rings. The van der Waals surface area contributed by atoms with E-state index in [1.807, 2.05) is 6.92 Å². The fourth-order valence-corrected chi connectivity index (χ4v) is 1.34. The van der Waals surface area contributed by atoms with E-state index in [4.69, 9.17) is 9.47 Å². The maximum absolute atomic E-state index is 9.49. The molecule has 0 bridgehead atoms. The lowest BCUT2D eigenvalue weighted by Gasteiger charge is -2.12. The highest BCUT2D eigenvalue weighted by atomic mass is 16.5. The Morgan fingerprint density at radius 2 is 1.76 bits per heavy atom. The number of ether oxygens (including phenoxy) is 2. The lowest BCUT2D eigenvalue weighted by Crippen LogP contribution is -2.23. The summed E-state index contributed by atoms with van der Waals surface area (Å²) in [6.07, 6.45) is -1.10.